The molecule has 4 heteroatoms. The van der Waals surface area contributed by atoms with Crippen LogP contribution in [0.25, 0.3) is 0 Å². The largest absolute Gasteiger partial charge is 0.397 e. The maximum Gasteiger partial charge on any atom is 0.253 e. The zero-order chi connectivity index (χ0) is 11.7. The summed E-state index contributed by atoms with van der Waals surface area (Å²) in [6.07, 6.45) is 2.18. The SMILES string of the molecule is CCC1CC1NC(=O)c1cccc(Cl)c1N. The van der Waals surface area contributed by atoms with Gasteiger partial charge in [-0.1, -0.05) is 31.0 Å². The van der Waals surface area contributed by atoms with Crippen molar-refractivity contribution in [3.8, 4) is 0 Å². The maximum absolute atomic E-state index is 11.9. The lowest BCUT2D eigenvalue weighted by Gasteiger charge is -2.07. The molecule has 1 fully saturated rings. The van der Waals surface area contributed by atoms with Crippen LogP contribution in [0.4, 0.5) is 5.69 Å². The summed E-state index contributed by atoms with van der Waals surface area (Å²) in [6.45, 7) is 2.13. The fourth-order valence-corrected chi connectivity index (χ4v) is 2.03. The molecule has 2 unspecified atom stereocenters. The van der Waals surface area contributed by atoms with Crippen LogP contribution in [0.15, 0.2) is 18.2 Å². The highest BCUT2D eigenvalue weighted by atomic mass is 35.5. The number of benzene rings is 1. The van der Waals surface area contributed by atoms with Gasteiger partial charge in [-0.3, -0.25) is 4.79 Å². The van der Waals surface area contributed by atoms with E-state index in [2.05, 4.69) is 12.2 Å². The summed E-state index contributed by atoms with van der Waals surface area (Å²) in [5.74, 6) is 0.505. The molecule has 1 aliphatic rings. The number of halogens is 1. The molecule has 3 nitrogen and oxygen atoms in total. The molecule has 0 radical (unpaired) electrons. The summed E-state index contributed by atoms with van der Waals surface area (Å²) >= 11 is 5.86. The Balaban J connectivity index is 2.07. The third-order valence-electron chi connectivity index (χ3n) is 3.06. The van der Waals surface area contributed by atoms with E-state index in [1.54, 1.807) is 18.2 Å². The average molecular weight is 239 g/mol. The predicted molar refractivity (Wildman–Crippen MR) is 65.5 cm³/mol. The number of anilines is 1. The van der Waals surface area contributed by atoms with Crippen molar-refractivity contribution in [1.82, 2.24) is 5.32 Å². The Labute approximate surface area is 100.0 Å². The van der Waals surface area contributed by atoms with Crippen LogP contribution in [-0.2, 0) is 0 Å². The standard InChI is InChI=1S/C12H15ClN2O/c1-2-7-6-10(7)15-12(16)8-4-3-5-9(13)11(8)14/h3-5,7,10H,2,6,14H2,1H3,(H,15,16). The molecule has 1 aliphatic carbocycles. The molecule has 16 heavy (non-hydrogen) atoms. The third kappa shape index (κ3) is 2.14. The first kappa shape index (κ1) is 11.3. The topological polar surface area (TPSA) is 55.1 Å². The summed E-state index contributed by atoms with van der Waals surface area (Å²) in [7, 11) is 0. The van der Waals surface area contributed by atoms with Crippen LogP contribution < -0.4 is 11.1 Å². The monoisotopic (exact) mass is 238 g/mol. The highest BCUT2D eigenvalue weighted by molar-refractivity contribution is 6.33. The molecule has 86 valence electrons. The van der Waals surface area contributed by atoms with Gasteiger partial charge in [-0.2, -0.15) is 0 Å². The number of carbonyl (C=O) groups is 1. The Kier molecular flexibility index (Phi) is 3.06. The van der Waals surface area contributed by atoms with Gasteiger partial charge in [0.05, 0.1) is 16.3 Å². The number of nitrogen functional groups attached to an aromatic ring is 1. The quantitative estimate of drug-likeness (QED) is 0.795. The number of rotatable bonds is 3. The minimum Gasteiger partial charge on any atom is -0.397 e. The number of carbonyl (C=O) groups excluding carboxylic acids is 1. The molecule has 0 aromatic heterocycles. The molecule has 0 aliphatic heterocycles. The summed E-state index contributed by atoms with van der Waals surface area (Å²) < 4.78 is 0. The summed E-state index contributed by atoms with van der Waals surface area (Å²) in [5, 5.41) is 3.39. The van der Waals surface area contributed by atoms with E-state index in [0.717, 1.165) is 12.8 Å². The van der Waals surface area contributed by atoms with Gasteiger partial charge in [0, 0.05) is 6.04 Å². The predicted octanol–water partition coefficient (Wildman–Crippen LogP) is 2.45. The van der Waals surface area contributed by atoms with E-state index in [9.17, 15) is 4.79 Å². The van der Waals surface area contributed by atoms with Crippen LogP contribution >= 0.6 is 11.6 Å². The van der Waals surface area contributed by atoms with Crippen LogP contribution in [0.5, 0.6) is 0 Å². The van der Waals surface area contributed by atoms with Crippen molar-refractivity contribution in [2.24, 2.45) is 5.92 Å². The van der Waals surface area contributed by atoms with Crippen molar-refractivity contribution in [3.05, 3.63) is 28.8 Å². The number of nitrogens with one attached hydrogen (secondary N) is 1. The van der Waals surface area contributed by atoms with Gasteiger partial charge >= 0.3 is 0 Å². The van der Waals surface area contributed by atoms with E-state index in [-0.39, 0.29) is 5.91 Å². The average Bonchev–Trinajstić information content (AvgIpc) is 3.00. The minimum absolute atomic E-state index is 0.124. The van der Waals surface area contributed by atoms with Crippen LogP contribution in [0.1, 0.15) is 30.1 Å². The van der Waals surface area contributed by atoms with Crippen molar-refractivity contribution < 1.29 is 4.79 Å². The lowest BCUT2D eigenvalue weighted by molar-refractivity contribution is 0.0950. The Morgan fingerprint density at radius 3 is 3.00 bits per heavy atom. The maximum atomic E-state index is 11.9. The van der Waals surface area contributed by atoms with E-state index in [4.69, 9.17) is 17.3 Å². The first-order chi connectivity index (χ1) is 7.63. The Morgan fingerprint density at radius 1 is 1.62 bits per heavy atom. The second-order valence-corrected chi connectivity index (χ2v) is 4.59. The summed E-state index contributed by atoms with van der Waals surface area (Å²) in [4.78, 5) is 11.9. The van der Waals surface area contributed by atoms with Gasteiger partial charge < -0.3 is 11.1 Å². The molecule has 1 aromatic rings. The molecular weight excluding hydrogens is 224 g/mol. The van der Waals surface area contributed by atoms with Crippen molar-refractivity contribution in [3.63, 3.8) is 0 Å². The highest BCUT2D eigenvalue weighted by Gasteiger charge is 2.36. The number of para-hydroxylation sites is 1. The third-order valence-corrected chi connectivity index (χ3v) is 3.39. The van der Waals surface area contributed by atoms with E-state index in [1.165, 1.54) is 0 Å². The molecule has 2 atom stereocenters. The molecule has 1 amide bonds. The van der Waals surface area contributed by atoms with Gasteiger partial charge in [0.1, 0.15) is 0 Å². The van der Waals surface area contributed by atoms with E-state index in [1.807, 2.05) is 0 Å². The smallest absolute Gasteiger partial charge is 0.253 e. The molecule has 0 spiro atoms. The van der Waals surface area contributed by atoms with E-state index >= 15 is 0 Å². The first-order valence-electron chi connectivity index (χ1n) is 5.48. The minimum atomic E-state index is -0.124. The molecule has 1 saturated carbocycles. The van der Waals surface area contributed by atoms with Gasteiger partial charge in [0.2, 0.25) is 0 Å². The fourth-order valence-electron chi connectivity index (χ4n) is 1.86. The first-order valence-corrected chi connectivity index (χ1v) is 5.86. The Hall–Kier alpha value is -1.22. The van der Waals surface area contributed by atoms with E-state index in [0.29, 0.717) is 28.2 Å². The lowest BCUT2D eigenvalue weighted by atomic mass is 10.1. The molecule has 1 aromatic carbocycles. The molecule has 2 rings (SSSR count). The highest BCUT2D eigenvalue weighted by Crippen LogP contribution is 2.33. The van der Waals surface area contributed by atoms with E-state index < -0.39 is 0 Å². The van der Waals surface area contributed by atoms with Crippen molar-refractivity contribution in [2.75, 3.05) is 5.73 Å². The Bertz CT molecular complexity index is 419. The van der Waals surface area contributed by atoms with Crippen LogP contribution in [0.2, 0.25) is 5.02 Å². The van der Waals surface area contributed by atoms with Gasteiger partial charge in [-0.05, 0) is 24.5 Å². The van der Waals surface area contributed by atoms with Gasteiger partial charge in [-0.15, -0.1) is 0 Å². The zero-order valence-electron chi connectivity index (χ0n) is 9.16. The number of nitrogens with two attached hydrogens (primary N) is 1. The Morgan fingerprint density at radius 2 is 2.38 bits per heavy atom. The second kappa shape index (κ2) is 4.34. The molecule has 0 bridgehead atoms. The number of hydrogen-bond acceptors (Lipinski definition) is 2. The number of amides is 1. The summed E-state index contributed by atoms with van der Waals surface area (Å²) in [6, 6.07) is 5.42. The van der Waals surface area contributed by atoms with Crippen LogP contribution in [-0.4, -0.2) is 11.9 Å². The van der Waals surface area contributed by atoms with Gasteiger partial charge in [0.25, 0.3) is 5.91 Å². The van der Waals surface area contributed by atoms with Gasteiger partial charge in [0.15, 0.2) is 0 Å². The molecular formula is C12H15ClN2O. The fraction of sp³-hybridized carbons (Fsp3) is 0.417. The van der Waals surface area contributed by atoms with Crippen LogP contribution in [0.3, 0.4) is 0 Å². The van der Waals surface area contributed by atoms with Crippen molar-refractivity contribution >= 4 is 23.2 Å². The van der Waals surface area contributed by atoms with Crippen molar-refractivity contribution in [1.29, 1.82) is 0 Å². The lowest BCUT2D eigenvalue weighted by Crippen LogP contribution is -2.27. The zero-order valence-corrected chi connectivity index (χ0v) is 9.92. The normalized spacial score (nSPS) is 22.9. The molecule has 0 saturated heterocycles. The number of hydrogen-bond donors (Lipinski definition) is 2. The molecule has 3 N–H and O–H groups in total. The van der Waals surface area contributed by atoms with Gasteiger partial charge in [-0.25, -0.2) is 0 Å². The molecule has 0 heterocycles. The van der Waals surface area contributed by atoms with Crippen molar-refractivity contribution in [2.45, 2.75) is 25.8 Å². The van der Waals surface area contributed by atoms with Crippen LogP contribution in [0, 0.1) is 5.92 Å². The summed E-state index contributed by atoms with van der Waals surface area (Å²) in [5.41, 5.74) is 6.58. The second-order valence-electron chi connectivity index (χ2n) is 4.19.